The maximum absolute atomic E-state index is 11.6. The van der Waals surface area contributed by atoms with Crippen LogP contribution in [-0.2, 0) is 18.3 Å². The van der Waals surface area contributed by atoms with Gasteiger partial charge in [-0.2, -0.15) is 5.10 Å². The molecule has 0 aromatic carbocycles. The van der Waals surface area contributed by atoms with Crippen molar-refractivity contribution in [2.24, 2.45) is 7.05 Å². The first-order valence-corrected chi connectivity index (χ1v) is 5.28. The molecular weight excluding hydrogens is 228 g/mol. The molecule has 6 heteroatoms. The Kier molecular flexibility index (Phi) is 4.32. The van der Waals surface area contributed by atoms with E-state index in [2.05, 4.69) is 15.7 Å². The third-order valence-electron chi connectivity index (χ3n) is 2.68. The molecule has 2 rings (SSSR count). The molecular formula is C10H17ClN4O. The highest BCUT2D eigenvalue weighted by Crippen LogP contribution is 2.11. The summed E-state index contributed by atoms with van der Waals surface area (Å²) < 4.78 is 1.70. The van der Waals surface area contributed by atoms with Crippen molar-refractivity contribution in [3.63, 3.8) is 0 Å². The van der Waals surface area contributed by atoms with Crippen molar-refractivity contribution < 1.29 is 4.79 Å². The van der Waals surface area contributed by atoms with Gasteiger partial charge in [0, 0.05) is 13.1 Å². The van der Waals surface area contributed by atoms with Crippen molar-refractivity contribution in [3.8, 4) is 0 Å². The Bertz CT molecular complexity index is 373. The van der Waals surface area contributed by atoms with Crippen molar-refractivity contribution in [1.82, 2.24) is 15.1 Å². The van der Waals surface area contributed by atoms with Gasteiger partial charge in [0.2, 0.25) is 5.91 Å². The summed E-state index contributed by atoms with van der Waals surface area (Å²) in [6.45, 7) is 2.98. The summed E-state index contributed by atoms with van der Waals surface area (Å²) >= 11 is 0. The third-order valence-corrected chi connectivity index (χ3v) is 2.68. The minimum absolute atomic E-state index is 0. The van der Waals surface area contributed by atoms with Gasteiger partial charge < -0.3 is 10.6 Å². The maximum atomic E-state index is 11.6. The first kappa shape index (κ1) is 13.0. The summed E-state index contributed by atoms with van der Waals surface area (Å²) in [6, 6.07) is 1.89. The quantitative estimate of drug-likeness (QED) is 0.823. The fourth-order valence-electron chi connectivity index (χ4n) is 1.54. The van der Waals surface area contributed by atoms with Crippen molar-refractivity contribution in [3.05, 3.63) is 11.8 Å². The van der Waals surface area contributed by atoms with Crippen LogP contribution in [0.15, 0.2) is 6.07 Å². The van der Waals surface area contributed by atoms with Crippen molar-refractivity contribution in [2.45, 2.75) is 25.8 Å². The standard InChI is InChI=1S/C10H16N4O.ClH/c1-3-7-6-9(14(2)13-7)12-10(15)8-4-5-11-8;/h6,8,11H,3-5H2,1-2H3,(H,12,15);1H/t8-;/m1./s1. The number of hydrogen-bond acceptors (Lipinski definition) is 3. The number of amides is 1. The minimum atomic E-state index is -0.0232. The summed E-state index contributed by atoms with van der Waals surface area (Å²) in [7, 11) is 1.84. The highest BCUT2D eigenvalue weighted by Gasteiger charge is 2.25. The molecule has 16 heavy (non-hydrogen) atoms. The fraction of sp³-hybridized carbons (Fsp3) is 0.600. The van der Waals surface area contributed by atoms with E-state index in [-0.39, 0.29) is 24.4 Å². The second-order valence-electron chi connectivity index (χ2n) is 3.78. The van der Waals surface area contributed by atoms with Gasteiger partial charge in [0.25, 0.3) is 0 Å². The number of aromatic nitrogens is 2. The number of nitrogens with zero attached hydrogens (tertiary/aromatic N) is 2. The predicted molar refractivity (Wildman–Crippen MR) is 64.9 cm³/mol. The molecule has 1 aliphatic rings. The number of aryl methyl sites for hydroxylation is 2. The fourth-order valence-corrected chi connectivity index (χ4v) is 1.54. The van der Waals surface area contributed by atoms with Gasteiger partial charge in [-0.05, 0) is 19.4 Å². The SMILES string of the molecule is CCc1cc(NC(=O)[C@H]2CCN2)n(C)n1.Cl. The number of rotatable bonds is 3. The number of nitrogens with one attached hydrogen (secondary N) is 2. The molecule has 0 bridgehead atoms. The van der Waals surface area contributed by atoms with Crippen LogP contribution in [0.25, 0.3) is 0 Å². The van der Waals surface area contributed by atoms with Crippen LogP contribution >= 0.6 is 12.4 Å². The molecule has 1 aromatic rings. The van der Waals surface area contributed by atoms with Crippen LogP contribution in [0.5, 0.6) is 0 Å². The predicted octanol–water partition coefficient (Wildman–Crippen LogP) is 0.705. The molecule has 1 atom stereocenters. The molecule has 0 unspecified atom stereocenters. The molecule has 1 aromatic heterocycles. The Labute approximate surface area is 101 Å². The van der Waals surface area contributed by atoms with Crippen LogP contribution in [0, 0.1) is 0 Å². The Morgan fingerprint density at radius 3 is 2.88 bits per heavy atom. The number of anilines is 1. The number of hydrogen-bond donors (Lipinski definition) is 2. The highest BCUT2D eigenvalue weighted by atomic mass is 35.5. The van der Waals surface area contributed by atoms with E-state index in [4.69, 9.17) is 0 Å². The highest BCUT2D eigenvalue weighted by molar-refractivity contribution is 5.94. The molecule has 0 saturated carbocycles. The molecule has 1 amide bonds. The first-order chi connectivity index (χ1) is 7.20. The van der Waals surface area contributed by atoms with E-state index < -0.39 is 0 Å². The smallest absolute Gasteiger partial charge is 0.242 e. The third kappa shape index (κ3) is 2.54. The molecule has 1 aliphatic heterocycles. The van der Waals surface area contributed by atoms with Gasteiger partial charge in [0.15, 0.2) is 0 Å². The normalized spacial score (nSPS) is 18.5. The molecule has 0 aliphatic carbocycles. The van der Waals surface area contributed by atoms with E-state index in [9.17, 15) is 4.79 Å². The van der Waals surface area contributed by atoms with E-state index in [1.54, 1.807) is 4.68 Å². The van der Waals surface area contributed by atoms with Gasteiger partial charge in [0.05, 0.1) is 11.7 Å². The van der Waals surface area contributed by atoms with Gasteiger partial charge in [-0.15, -0.1) is 12.4 Å². The topological polar surface area (TPSA) is 59.0 Å². The Balaban J connectivity index is 0.00000128. The van der Waals surface area contributed by atoms with Gasteiger partial charge in [-0.25, -0.2) is 0 Å². The lowest BCUT2D eigenvalue weighted by Crippen LogP contribution is -2.51. The number of carbonyl (C=O) groups is 1. The lowest BCUT2D eigenvalue weighted by Gasteiger charge is -2.26. The van der Waals surface area contributed by atoms with Crippen molar-refractivity contribution in [1.29, 1.82) is 0 Å². The van der Waals surface area contributed by atoms with Gasteiger partial charge in [-0.3, -0.25) is 9.48 Å². The first-order valence-electron chi connectivity index (χ1n) is 5.28. The molecule has 5 nitrogen and oxygen atoms in total. The molecule has 1 saturated heterocycles. The molecule has 1 fully saturated rings. The monoisotopic (exact) mass is 244 g/mol. The Morgan fingerprint density at radius 2 is 2.44 bits per heavy atom. The van der Waals surface area contributed by atoms with Gasteiger partial charge >= 0.3 is 0 Å². The van der Waals surface area contributed by atoms with E-state index in [1.807, 2.05) is 20.0 Å². The van der Waals surface area contributed by atoms with Crippen LogP contribution < -0.4 is 10.6 Å². The average molecular weight is 245 g/mol. The largest absolute Gasteiger partial charge is 0.310 e. The van der Waals surface area contributed by atoms with Gasteiger partial charge in [-0.1, -0.05) is 6.92 Å². The molecule has 2 heterocycles. The Morgan fingerprint density at radius 1 is 1.75 bits per heavy atom. The second-order valence-corrected chi connectivity index (χ2v) is 3.78. The maximum Gasteiger partial charge on any atom is 0.242 e. The lowest BCUT2D eigenvalue weighted by atomic mass is 10.1. The summed E-state index contributed by atoms with van der Waals surface area (Å²) in [5, 5.41) is 10.2. The molecule has 0 spiro atoms. The lowest BCUT2D eigenvalue weighted by molar-refractivity contribution is -0.119. The average Bonchev–Trinajstić information content (AvgIpc) is 2.44. The van der Waals surface area contributed by atoms with E-state index in [0.29, 0.717) is 0 Å². The van der Waals surface area contributed by atoms with E-state index in [1.165, 1.54) is 0 Å². The second kappa shape index (κ2) is 5.32. The molecule has 2 N–H and O–H groups in total. The van der Waals surface area contributed by atoms with E-state index >= 15 is 0 Å². The Hall–Kier alpha value is -1.07. The zero-order valence-electron chi connectivity index (χ0n) is 9.49. The summed E-state index contributed by atoms with van der Waals surface area (Å²) in [5.74, 6) is 0.803. The van der Waals surface area contributed by atoms with Crippen LogP contribution in [0.1, 0.15) is 19.0 Å². The molecule has 90 valence electrons. The van der Waals surface area contributed by atoms with Crippen LogP contribution in [-0.4, -0.2) is 28.3 Å². The zero-order valence-corrected chi connectivity index (χ0v) is 10.3. The van der Waals surface area contributed by atoms with Crippen molar-refractivity contribution in [2.75, 3.05) is 11.9 Å². The minimum Gasteiger partial charge on any atom is -0.310 e. The van der Waals surface area contributed by atoms with E-state index in [0.717, 1.165) is 30.9 Å². The number of halogens is 1. The van der Waals surface area contributed by atoms with Gasteiger partial charge in [0.1, 0.15) is 5.82 Å². The molecule has 0 radical (unpaired) electrons. The van der Waals surface area contributed by atoms with Crippen molar-refractivity contribution >= 4 is 24.1 Å². The summed E-state index contributed by atoms with van der Waals surface area (Å²) in [4.78, 5) is 11.6. The van der Waals surface area contributed by atoms with Crippen LogP contribution in [0.2, 0.25) is 0 Å². The number of carbonyl (C=O) groups excluding carboxylic acids is 1. The summed E-state index contributed by atoms with van der Waals surface area (Å²) in [6.07, 6.45) is 1.80. The zero-order chi connectivity index (χ0) is 10.8. The van der Waals surface area contributed by atoms with Crippen LogP contribution in [0.3, 0.4) is 0 Å². The van der Waals surface area contributed by atoms with Crippen LogP contribution in [0.4, 0.5) is 5.82 Å². The summed E-state index contributed by atoms with van der Waals surface area (Å²) in [5.41, 5.74) is 0.995.